The van der Waals surface area contributed by atoms with Crippen molar-refractivity contribution >= 4 is 10.0 Å². The van der Waals surface area contributed by atoms with Crippen LogP contribution in [0.1, 0.15) is 6.42 Å². The Balaban J connectivity index is 3.52. The van der Waals surface area contributed by atoms with Crippen LogP contribution in [0.5, 0.6) is 0 Å². The summed E-state index contributed by atoms with van der Waals surface area (Å²) in [5, 5.41) is 0. The number of nitrogens with one attached hydrogen (secondary N) is 1. The predicted molar refractivity (Wildman–Crippen MR) is 50.2 cm³/mol. The molecule has 0 aliphatic rings. The monoisotopic (exact) mass is 211 g/mol. The molecule has 0 amide bonds. The molecule has 0 heterocycles. The zero-order valence-electron chi connectivity index (χ0n) is 8.08. The van der Waals surface area contributed by atoms with Crippen molar-refractivity contribution < 1.29 is 17.9 Å². The summed E-state index contributed by atoms with van der Waals surface area (Å²) in [5.74, 6) is 0.0104. The average molecular weight is 211 g/mol. The van der Waals surface area contributed by atoms with Gasteiger partial charge in [0.15, 0.2) is 0 Å². The van der Waals surface area contributed by atoms with Crippen LogP contribution in [0.2, 0.25) is 0 Å². The lowest BCUT2D eigenvalue weighted by Crippen LogP contribution is -2.29. The van der Waals surface area contributed by atoms with Crippen LogP contribution in [0, 0.1) is 0 Å². The predicted octanol–water partition coefficient (Wildman–Crippen LogP) is -0.411. The van der Waals surface area contributed by atoms with Crippen molar-refractivity contribution in [2.75, 3.05) is 39.7 Å². The molecule has 0 aliphatic heterocycles. The number of sulfonamides is 1. The first-order valence-electron chi connectivity index (χ1n) is 4.07. The van der Waals surface area contributed by atoms with E-state index in [1.807, 2.05) is 0 Å². The Labute approximate surface area is 79.5 Å². The topological polar surface area (TPSA) is 64.6 Å². The number of rotatable bonds is 8. The van der Waals surface area contributed by atoms with Crippen LogP contribution in [-0.2, 0) is 19.5 Å². The first kappa shape index (κ1) is 12.8. The first-order valence-corrected chi connectivity index (χ1v) is 5.73. The van der Waals surface area contributed by atoms with Crippen molar-refractivity contribution in [1.82, 2.24) is 4.72 Å². The van der Waals surface area contributed by atoms with Gasteiger partial charge in [0, 0.05) is 27.4 Å². The molecular weight excluding hydrogens is 194 g/mol. The Morgan fingerprint density at radius 2 is 1.77 bits per heavy atom. The second kappa shape index (κ2) is 7.25. The number of methoxy groups -OCH3 is 2. The van der Waals surface area contributed by atoms with Crippen LogP contribution in [0.15, 0.2) is 0 Å². The molecular formula is C7H17NO4S. The van der Waals surface area contributed by atoms with Gasteiger partial charge >= 0.3 is 0 Å². The highest BCUT2D eigenvalue weighted by molar-refractivity contribution is 7.89. The van der Waals surface area contributed by atoms with E-state index in [-0.39, 0.29) is 12.4 Å². The number of hydrogen-bond acceptors (Lipinski definition) is 4. The second-order valence-electron chi connectivity index (χ2n) is 2.55. The molecule has 0 unspecified atom stereocenters. The van der Waals surface area contributed by atoms with Crippen molar-refractivity contribution in [1.29, 1.82) is 0 Å². The van der Waals surface area contributed by atoms with Gasteiger partial charge in [-0.05, 0) is 6.42 Å². The molecule has 0 aromatic rings. The van der Waals surface area contributed by atoms with Gasteiger partial charge in [0.05, 0.1) is 12.4 Å². The van der Waals surface area contributed by atoms with Crippen molar-refractivity contribution in [2.24, 2.45) is 0 Å². The summed E-state index contributed by atoms with van der Waals surface area (Å²) in [7, 11) is -0.0993. The minimum Gasteiger partial charge on any atom is -0.385 e. The zero-order valence-corrected chi connectivity index (χ0v) is 8.89. The lowest BCUT2D eigenvalue weighted by Gasteiger charge is -2.05. The standard InChI is InChI=1S/C7H17NO4S/c1-11-5-3-4-8-13(9,10)7-6-12-2/h8H,3-7H2,1-2H3. The molecule has 80 valence electrons. The molecule has 0 aromatic carbocycles. The van der Waals surface area contributed by atoms with Crippen LogP contribution in [0.4, 0.5) is 0 Å². The van der Waals surface area contributed by atoms with E-state index in [4.69, 9.17) is 4.74 Å². The van der Waals surface area contributed by atoms with Crippen LogP contribution in [0.25, 0.3) is 0 Å². The van der Waals surface area contributed by atoms with E-state index < -0.39 is 10.0 Å². The van der Waals surface area contributed by atoms with Gasteiger partial charge in [-0.1, -0.05) is 0 Å². The largest absolute Gasteiger partial charge is 0.385 e. The highest BCUT2D eigenvalue weighted by atomic mass is 32.2. The van der Waals surface area contributed by atoms with E-state index in [1.165, 1.54) is 7.11 Å². The van der Waals surface area contributed by atoms with Gasteiger partial charge in [-0.2, -0.15) is 0 Å². The van der Waals surface area contributed by atoms with E-state index in [9.17, 15) is 8.42 Å². The minimum absolute atomic E-state index is 0.0104. The SMILES string of the molecule is COCCCNS(=O)(=O)CCOC. The van der Waals surface area contributed by atoms with Gasteiger partial charge in [0.1, 0.15) is 0 Å². The fraction of sp³-hybridized carbons (Fsp3) is 1.00. The molecule has 13 heavy (non-hydrogen) atoms. The summed E-state index contributed by atoms with van der Waals surface area (Å²) >= 11 is 0. The molecule has 0 rings (SSSR count). The molecule has 0 fully saturated rings. The van der Waals surface area contributed by atoms with E-state index in [2.05, 4.69) is 9.46 Å². The Kier molecular flexibility index (Phi) is 7.16. The number of hydrogen-bond donors (Lipinski definition) is 1. The Morgan fingerprint density at radius 1 is 1.15 bits per heavy atom. The molecule has 0 saturated carbocycles. The van der Waals surface area contributed by atoms with Gasteiger partial charge in [-0.15, -0.1) is 0 Å². The van der Waals surface area contributed by atoms with Crippen molar-refractivity contribution in [2.45, 2.75) is 6.42 Å². The summed E-state index contributed by atoms with van der Waals surface area (Å²) in [6, 6.07) is 0. The lowest BCUT2D eigenvalue weighted by molar-refractivity contribution is 0.195. The maximum Gasteiger partial charge on any atom is 0.213 e. The zero-order chi connectivity index (χ0) is 10.2. The van der Waals surface area contributed by atoms with Gasteiger partial charge in [-0.3, -0.25) is 0 Å². The van der Waals surface area contributed by atoms with E-state index >= 15 is 0 Å². The third-order valence-electron chi connectivity index (χ3n) is 1.40. The Bertz CT molecular complexity index is 203. The van der Waals surface area contributed by atoms with Gasteiger partial charge in [0.2, 0.25) is 10.0 Å². The molecule has 0 saturated heterocycles. The molecule has 0 atom stereocenters. The van der Waals surface area contributed by atoms with Crippen molar-refractivity contribution in [3.63, 3.8) is 0 Å². The lowest BCUT2D eigenvalue weighted by atomic mass is 10.5. The highest BCUT2D eigenvalue weighted by Gasteiger charge is 2.07. The minimum atomic E-state index is -3.15. The van der Waals surface area contributed by atoms with Gasteiger partial charge in [0.25, 0.3) is 0 Å². The summed E-state index contributed by atoms with van der Waals surface area (Å²) in [4.78, 5) is 0. The highest BCUT2D eigenvalue weighted by Crippen LogP contribution is 1.86. The molecule has 0 spiro atoms. The molecule has 0 radical (unpaired) electrons. The second-order valence-corrected chi connectivity index (χ2v) is 4.48. The smallest absolute Gasteiger partial charge is 0.213 e. The quantitative estimate of drug-likeness (QED) is 0.554. The Hall–Kier alpha value is -0.170. The summed E-state index contributed by atoms with van der Waals surface area (Å²) < 4.78 is 34.1. The third kappa shape index (κ3) is 8.17. The summed E-state index contributed by atoms with van der Waals surface area (Å²) in [6.07, 6.45) is 0.683. The van der Waals surface area contributed by atoms with Gasteiger partial charge < -0.3 is 9.47 Å². The molecule has 0 bridgehead atoms. The first-order chi connectivity index (χ1) is 6.12. The van der Waals surface area contributed by atoms with E-state index in [1.54, 1.807) is 7.11 Å². The van der Waals surface area contributed by atoms with Crippen LogP contribution in [0.3, 0.4) is 0 Å². The summed E-state index contributed by atoms with van der Waals surface area (Å²) in [6.45, 7) is 1.20. The Morgan fingerprint density at radius 3 is 2.31 bits per heavy atom. The fourth-order valence-corrected chi connectivity index (χ4v) is 1.70. The molecule has 0 aromatic heterocycles. The third-order valence-corrected chi connectivity index (χ3v) is 2.75. The van der Waals surface area contributed by atoms with Gasteiger partial charge in [-0.25, -0.2) is 13.1 Å². The molecule has 1 N–H and O–H groups in total. The fourth-order valence-electron chi connectivity index (χ4n) is 0.709. The maximum absolute atomic E-state index is 11.1. The van der Waals surface area contributed by atoms with Crippen molar-refractivity contribution in [3.05, 3.63) is 0 Å². The normalized spacial score (nSPS) is 11.8. The van der Waals surface area contributed by atoms with Crippen LogP contribution in [-0.4, -0.2) is 48.1 Å². The van der Waals surface area contributed by atoms with E-state index in [0.29, 0.717) is 19.6 Å². The molecule has 5 nitrogen and oxygen atoms in total. The summed E-state index contributed by atoms with van der Waals surface area (Å²) in [5.41, 5.74) is 0. The molecule has 6 heteroatoms. The maximum atomic E-state index is 11.1. The van der Waals surface area contributed by atoms with E-state index in [0.717, 1.165) is 0 Å². The number of ether oxygens (including phenoxy) is 2. The van der Waals surface area contributed by atoms with Crippen LogP contribution >= 0.6 is 0 Å². The van der Waals surface area contributed by atoms with Crippen molar-refractivity contribution in [3.8, 4) is 0 Å². The average Bonchev–Trinajstić information content (AvgIpc) is 2.09. The van der Waals surface area contributed by atoms with Crippen LogP contribution < -0.4 is 4.72 Å². The molecule has 0 aliphatic carbocycles.